The van der Waals surface area contributed by atoms with Crippen molar-refractivity contribution in [3.8, 4) is 11.8 Å². The molecule has 1 aliphatic carbocycles. The van der Waals surface area contributed by atoms with Crippen LogP contribution in [0.25, 0.3) is 0 Å². The van der Waals surface area contributed by atoms with Crippen molar-refractivity contribution in [3.05, 3.63) is 23.8 Å². The van der Waals surface area contributed by atoms with Gasteiger partial charge >= 0.3 is 6.03 Å². The first-order valence-electron chi connectivity index (χ1n) is 6.89. The van der Waals surface area contributed by atoms with Gasteiger partial charge in [-0.15, -0.1) is 0 Å². The smallest absolute Gasteiger partial charge is 0.319 e. The van der Waals surface area contributed by atoms with Gasteiger partial charge in [-0.2, -0.15) is 5.26 Å². The fourth-order valence-electron chi connectivity index (χ4n) is 2.51. The summed E-state index contributed by atoms with van der Waals surface area (Å²) in [6.07, 6.45) is 5.59. The Kier molecular flexibility index (Phi) is 4.83. The van der Waals surface area contributed by atoms with E-state index in [1.165, 1.54) is 13.5 Å². The van der Waals surface area contributed by atoms with Crippen LogP contribution in [0.3, 0.4) is 0 Å². The van der Waals surface area contributed by atoms with E-state index in [9.17, 15) is 4.79 Å². The Bertz CT molecular complexity index is 516. The van der Waals surface area contributed by atoms with Crippen LogP contribution in [0.2, 0.25) is 0 Å². The molecule has 20 heavy (non-hydrogen) atoms. The minimum absolute atomic E-state index is 0.226. The first kappa shape index (κ1) is 14.2. The number of nitrogens with one attached hydrogen (secondary N) is 2. The van der Waals surface area contributed by atoms with Crippen LogP contribution in [0, 0.1) is 11.3 Å². The number of rotatable bonds is 3. The van der Waals surface area contributed by atoms with Crippen LogP contribution in [-0.2, 0) is 0 Å². The molecular weight excluding hydrogens is 254 g/mol. The molecule has 2 N–H and O–H groups in total. The van der Waals surface area contributed by atoms with Gasteiger partial charge in [-0.3, -0.25) is 0 Å². The lowest BCUT2D eigenvalue weighted by Gasteiger charge is -2.23. The molecule has 0 atom stereocenters. The maximum atomic E-state index is 12.0. The number of anilines is 1. The standard InChI is InChI=1S/C15H19N3O2/c1-20-13-9-5-6-11(10-16)14(13)18-15(19)17-12-7-3-2-4-8-12/h5-6,9,12H,2-4,7-8H2,1H3,(H2,17,18,19). The lowest BCUT2D eigenvalue weighted by molar-refractivity contribution is 0.244. The molecular formula is C15H19N3O2. The highest BCUT2D eigenvalue weighted by Gasteiger charge is 2.17. The van der Waals surface area contributed by atoms with Crippen molar-refractivity contribution < 1.29 is 9.53 Å². The van der Waals surface area contributed by atoms with Crippen LogP contribution in [0.15, 0.2) is 18.2 Å². The van der Waals surface area contributed by atoms with Gasteiger partial charge in [0.05, 0.1) is 12.7 Å². The van der Waals surface area contributed by atoms with Crippen molar-refractivity contribution in [3.63, 3.8) is 0 Å². The fraction of sp³-hybridized carbons (Fsp3) is 0.467. The van der Waals surface area contributed by atoms with Crippen molar-refractivity contribution in [2.45, 2.75) is 38.1 Å². The van der Waals surface area contributed by atoms with Crippen molar-refractivity contribution in [2.24, 2.45) is 0 Å². The molecule has 0 spiro atoms. The molecule has 1 aliphatic rings. The lowest BCUT2D eigenvalue weighted by Crippen LogP contribution is -2.39. The van der Waals surface area contributed by atoms with E-state index in [1.807, 2.05) is 0 Å². The lowest BCUT2D eigenvalue weighted by atomic mass is 9.96. The molecule has 0 heterocycles. The summed E-state index contributed by atoms with van der Waals surface area (Å²) in [4.78, 5) is 12.0. The summed E-state index contributed by atoms with van der Waals surface area (Å²) < 4.78 is 5.19. The van der Waals surface area contributed by atoms with Crippen molar-refractivity contribution in [1.29, 1.82) is 5.26 Å². The topological polar surface area (TPSA) is 74.1 Å². The predicted molar refractivity (Wildman–Crippen MR) is 76.7 cm³/mol. The number of para-hydroxylation sites is 1. The molecule has 1 fully saturated rings. The van der Waals surface area contributed by atoms with Gasteiger partial charge in [0.15, 0.2) is 0 Å². The van der Waals surface area contributed by atoms with Gasteiger partial charge in [-0.05, 0) is 25.0 Å². The Morgan fingerprint density at radius 1 is 1.35 bits per heavy atom. The number of carbonyl (C=O) groups excluding carboxylic acids is 1. The second-order valence-electron chi connectivity index (χ2n) is 4.93. The number of carbonyl (C=O) groups is 1. The molecule has 2 rings (SSSR count). The molecule has 5 heteroatoms. The molecule has 0 aliphatic heterocycles. The first-order valence-corrected chi connectivity index (χ1v) is 6.89. The van der Waals surface area contributed by atoms with Gasteiger partial charge < -0.3 is 15.4 Å². The average Bonchev–Trinajstić information content (AvgIpc) is 2.48. The second-order valence-corrected chi connectivity index (χ2v) is 4.93. The van der Waals surface area contributed by atoms with Crippen LogP contribution < -0.4 is 15.4 Å². The minimum atomic E-state index is -0.280. The zero-order valence-electron chi connectivity index (χ0n) is 11.6. The quantitative estimate of drug-likeness (QED) is 0.889. The number of urea groups is 1. The molecule has 0 saturated heterocycles. The molecule has 0 radical (unpaired) electrons. The largest absolute Gasteiger partial charge is 0.495 e. The monoisotopic (exact) mass is 273 g/mol. The van der Waals surface area contributed by atoms with Gasteiger partial charge in [-0.25, -0.2) is 4.79 Å². The highest BCUT2D eigenvalue weighted by molar-refractivity contribution is 5.92. The Hall–Kier alpha value is -2.22. The van der Waals surface area contributed by atoms with Crippen LogP contribution in [0.5, 0.6) is 5.75 Å². The van der Waals surface area contributed by atoms with E-state index < -0.39 is 0 Å². The molecule has 0 bridgehead atoms. The number of hydrogen-bond acceptors (Lipinski definition) is 3. The summed E-state index contributed by atoms with van der Waals surface area (Å²) in [5.74, 6) is 0.489. The molecule has 0 unspecified atom stereocenters. The Morgan fingerprint density at radius 2 is 2.10 bits per heavy atom. The summed E-state index contributed by atoms with van der Waals surface area (Å²) >= 11 is 0. The van der Waals surface area contributed by atoms with Crippen molar-refractivity contribution in [1.82, 2.24) is 5.32 Å². The molecule has 1 saturated carbocycles. The van der Waals surface area contributed by atoms with Gasteiger partial charge in [0, 0.05) is 6.04 Å². The Morgan fingerprint density at radius 3 is 2.75 bits per heavy atom. The van der Waals surface area contributed by atoms with E-state index in [-0.39, 0.29) is 12.1 Å². The first-order chi connectivity index (χ1) is 9.74. The van der Waals surface area contributed by atoms with E-state index in [4.69, 9.17) is 10.00 Å². The SMILES string of the molecule is COc1cccc(C#N)c1NC(=O)NC1CCCCC1. The van der Waals surface area contributed by atoms with Gasteiger partial charge in [0.1, 0.15) is 17.5 Å². The number of ether oxygens (including phenoxy) is 1. The van der Waals surface area contributed by atoms with Crippen molar-refractivity contribution >= 4 is 11.7 Å². The molecule has 5 nitrogen and oxygen atoms in total. The molecule has 1 aromatic carbocycles. The molecule has 1 aromatic rings. The number of amides is 2. The van der Waals surface area contributed by atoms with Crippen LogP contribution in [-0.4, -0.2) is 19.2 Å². The maximum Gasteiger partial charge on any atom is 0.319 e. The van der Waals surface area contributed by atoms with Crippen LogP contribution in [0.1, 0.15) is 37.7 Å². The number of methoxy groups -OCH3 is 1. The third-order valence-electron chi connectivity index (χ3n) is 3.55. The zero-order chi connectivity index (χ0) is 14.4. The molecule has 106 valence electrons. The van der Waals surface area contributed by atoms with E-state index in [0.717, 1.165) is 25.7 Å². The third kappa shape index (κ3) is 3.41. The molecule has 0 aromatic heterocycles. The Balaban J connectivity index is 2.05. The van der Waals surface area contributed by atoms with Crippen LogP contribution >= 0.6 is 0 Å². The fourth-order valence-corrected chi connectivity index (χ4v) is 2.51. The van der Waals surface area contributed by atoms with E-state index in [2.05, 4.69) is 16.7 Å². The van der Waals surface area contributed by atoms with Crippen LogP contribution in [0.4, 0.5) is 10.5 Å². The van der Waals surface area contributed by atoms with Crippen molar-refractivity contribution in [2.75, 3.05) is 12.4 Å². The van der Waals surface area contributed by atoms with Gasteiger partial charge in [0.25, 0.3) is 0 Å². The summed E-state index contributed by atoms with van der Waals surface area (Å²) in [7, 11) is 1.51. The maximum absolute atomic E-state index is 12.0. The Labute approximate surface area is 118 Å². The number of benzene rings is 1. The number of nitriles is 1. The van der Waals surface area contributed by atoms with E-state index in [1.54, 1.807) is 18.2 Å². The predicted octanol–water partition coefficient (Wildman–Crippen LogP) is 3.02. The van der Waals surface area contributed by atoms with E-state index >= 15 is 0 Å². The van der Waals surface area contributed by atoms with Gasteiger partial charge in [-0.1, -0.05) is 25.3 Å². The summed E-state index contributed by atoms with van der Waals surface area (Å²) in [5, 5.41) is 14.8. The highest BCUT2D eigenvalue weighted by atomic mass is 16.5. The highest BCUT2D eigenvalue weighted by Crippen LogP contribution is 2.27. The average molecular weight is 273 g/mol. The number of hydrogen-bond donors (Lipinski definition) is 2. The zero-order valence-corrected chi connectivity index (χ0v) is 11.6. The second kappa shape index (κ2) is 6.80. The minimum Gasteiger partial charge on any atom is -0.495 e. The summed E-state index contributed by atoms with van der Waals surface area (Å²) in [5.41, 5.74) is 0.814. The van der Waals surface area contributed by atoms with E-state index in [0.29, 0.717) is 17.0 Å². The normalized spacial score (nSPS) is 15.2. The summed E-state index contributed by atoms with van der Waals surface area (Å²) in [6, 6.07) is 7.10. The summed E-state index contributed by atoms with van der Waals surface area (Å²) in [6.45, 7) is 0. The number of nitrogens with zero attached hydrogens (tertiary/aromatic N) is 1. The molecule has 2 amide bonds. The third-order valence-corrected chi connectivity index (χ3v) is 3.55. The van der Waals surface area contributed by atoms with Gasteiger partial charge in [0.2, 0.25) is 0 Å².